The van der Waals surface area contributed by atoms with E-state index in [-0.39, 0.29) is 0 Å². The van der Waals surface area contributed by atoms with E-state index < -0.39 is 9.84 Å². The third kappa shape index (κ3) is 6.62. The Morgan fingerprint density at radius 3 is 2.10 bits per heavy atom. The van der Waals surface area contributed by atoms with Crippen LogP contribution in [0.3, 0.4) is 0 Å². The van der Waals surface area contributed by atoms with Crippen molar-refractivity contribution in [1.82, 2.24) is 5.32 Å². The van der Waals surface area contributed by atoms with E-state index in [1.165, 1.54) is 50.3 Å². The van der Waals surface area contributed by atoms with Crippen molar-refractivity contribution < 1.29 is 8.42 Å². The lowest BCUT2D eigenvalue weighted by molar-refractivity contribution is 0.497. The van der Waals surface area contributed by atoms with E-state index in [0.29, 0.717) is 10.9 Å². The molecule has 0 aliphatic heterocycles. The van der Waals surface area contributed by atoms with E-state index in [2.05, 4.69) is 12.2 Å². The van der Waals surface area contributed by atoms with Gasteiger partial charge in [0.05, 0.1) is 4.90 Å². The normalized spacial score (nSPS) is 13.3. The maximum absolute atomic E-state index is 11.5. The topological polar surface area (TPSA) is 46.2 Å². The molecule has 21 heavy (non-hydrogen) atoms. The fourth-order valence-electron chi connectivity index (χ4n) is 2.55. The van der Waals surface area contributed by atoms with Crippen LogP contribution in [0.15, 0.2) is 29.2 Å². The molecule has 0 fully saturated rings. The van der Waals surface area contributed by atoms with Gasteiger partial charge in [0.1, 0.15) is 0 Å². The second kappa shape index (κ2) is 9.21. The van der Waals surface area contributed by atoms with Gasteiger partial charge in [0, 0.05) is 12.3 Å². The van der Waals surface area contributed by atoms with Gasteiger partial charge in [-0.25, -0.2) is 8.42 Å². The molecule has 0 spiro atoms. The standard InChI is InChI=1S/C17H29NO2S/c1-4-5-6-7-8-9-10-17(18-2)15-11-13-16(14-12-15)21(3,19)20/h11-14,17-18H,4-10H2,1-3H3. The molecule has 4 heteroatoms. The van der Waals surface area contributed by atoms with Crippen molar-refractivity contribution in [2.75, 3.05) is 13.3 Å². The lowest BCUT2D eigenvalue weighted by atomic mass is 10.00. The van der Waals surface area contributed by atoms with Gasteiger partial charge in [-0.1, -0.05) is 57.6 Å². The SMILES string of the molecule is CCCCCCCCC(NC)c1ccc(S(C)(=O)=O)cc1. The molecule has 1 aromatic rings. The summed E-state index contributed by atoms with van der Waals surface area (Å²) in [4.78, 5) is 0.390. The maximum atomic E-state index is 11.5. The molecule has 0 heterocycles. The summed E-state index contributed by atoms with van der Waals surface area (Å²) in [6.45, 7) is 2.23. The molecule has 0 radical (unpaired) electrons. The Labute approximate surface area is 130 Å². The number of hydrogen-bond acceptors (Lipinski definition) is 3. The van der Waals surface area contributed by atoms with E-state index in [1.807, 2.05) is 19.2 Å². The molecule has 3 nitrogen and oxygen atoms in total. The van der Waals surface area contributed by atoms with Gasteiger partial charge in [0.15, 0.2) is 9.84 Å². The van der Waals surface area contributed by atoms with Crippen LogP contribution >= 0.6 is 0 Å². The van der Waals surface area contributed by atoms with Gasteiger partial charge < -0.3 is 5.32 Å². The summed E-state index contributed by atoms with van der Waals surface area (Å²) in [5.41, 5.74) is 1.17. The molecule has 1 N–H and O–H groups in total. The highest BCUT2D eigenvalue weighted by Gasteiger charge is 2.11. The van der Waals surface area contributed by atoms with Crippen LogP contribution in [-0.4, -0.2) is 21.7 Å². The van der Waals surface area contributed by atoms with Crippen molar-refractivity contribution in [2.45, 2.75) is 62.8 Å². The molecule has 0 saturated carbocycles. The van der Waals surface area contributed by atoms with Crippen molar-refractivity contribution in [3.8, 4) is 0 Å². The van der Waals surface area contributed by atoms with E-state index in [0.717, 1.165) is 6.42 Å². The molecular formula is C17H29NO2S. The quantitative estimate of drug-likeness (QED) is 0.662. The molecule has 0 aromatic heterocycles. The van der Waals surface area contributed by atoms with E-state index in [9.17, 15) is 8.42 Å². The van der Waals surface area contributed by atoms with E-state index in [4.69, 9.17) is 0 Å². The monoisotopic (exact) mass is 311 g/mol. The molecule has 0 bridgehead atoms. The Bertz CT molecular complexity index is 494. The largest absolute Gasteiger partial charge is 0.313 e. The third-order valence-electron chi connectivity index (χ3n) is 3.91. The van der Waals surface area contributed by atoms with E-state index in [1.54, 1.807) is 12.1 Å². The first-order valence-corrected chi connectivity index (χ1v) is 9.85. The van der Waals surface area contributed by atoms with Crippen LogP contribution in [0.4, 0.5) is 0 Å². The summed E-state index contributed by atoms with van der Waals surface area (Å²) in [7, 11) is -1.14. The summed E-state index contributed by atoms with van der Waals surface area (Å²) < 4.78 is 22.9. The third-order valence-corrected chi connectivity index (χ3v) is 5.03. The van der Waals surface area contributed by atoms with Crippen LogP contribution in [0.5, 0.6) is 0 Å². The predicted octanol–water partition coefficient (Wildman–Crippen LogP) is 4.10. The minimum Gasteiger partial charge on any atom is -0.313 e. The smallest absolute Gasteiger partial charge is 0.175 e. The van der Waals surface area contributed by atoms with Gasteiger partial charge in [-0.15, -0.1) is 0 Å². The zero-order valence-corrected chi connectivity index (χ0v) is 14.4. The average Bonchev–Trinajstić information content (AvgIpc) is 2.46. The van der Waals surface area contributed by atoms with Crippen molar-refractivity contribution >= 4 is 9.84 Å². The average molecular weight is 311 g/mol. The number of nitrogens with one attached hydrogen (secondary N) is 1. The zero-order valence-electron chi connectivity index (χ0n) is 13.6. The maximum Gasteiger partial charge on any atom is 0.175 e. The first kappa shape index (κ1) is 18.2. The molecule has 1 rings (SSSR count). The molecule has 120 valence electrons. The second-order valence-electron chi connectivity index (χ2n) is 5.74. The Morgan fingerprint density at radius 2 is 1.57 bits per heavy atom. The fourth-order valence-corrected chi connectivity index (χ4v) is 3.18. The summed E-state index contributed by atoms with van der Waals surface area (Å²) in [5.74, 6) is 0. The Kier molecular flexibility index (Phi) is 7.97. The van der Waals surface area contributed by atoms with Crippen LogP contribution in [0.1, 0.15) is 63.5 Å². The van der Waals surface area contributed by atoms with Gasteiger partial charge in [-0.05, 0) is 31.2 Å². The highest BCUT2D eigenvalue weighted by Crippen LogP contribution is 2.21. The van der Waals surface area contributed by atoms with Gasteiger partial charge in [-0.2, -0.15) is 0 Å². The minimum absolute atomic E-state index is 0.310. The number of sulfone groups is 1. The van der Waals surface area contributed by atoms with Crippen molar-refractivity contribution in [3.05, 3.63) is 29.8 Å². The summed E-state index contributed by atoms with van der Waals surface area (Å²) in [6.07, 6.45) is 10.1. The van der Waals surface area contributed by atoms with Gasteiger partial charge in [0.2, 0.25) is 0 Å². The first-order valence-electron chi connectivity index (χ1n) is 7.96. The molecule has 1 aromatic carbocycles. The van der Waals surface area contributed by atoms with Crippen molar-refractivity contribution in [1.29, 1.82) is 0 Å². The van der Waals surface area contributed by atoms with Crippen LogP contribution in [-0.2, 0) is 9.84 Å². The highest BCUT2D eigenvalue weighted by molar-refractivity contribution is 7.90. The van der Waals surface area contributed by atoms with Crippen LogP contribution in [0.2, 0.25) is 0 Å². The van der Waals surface area contributed by atoms with Crippen LogP contribution in [0.25, 0.3) is 0 Å². The number of rotatable bonds is 10. The summed E-state index contributed by atoms with van der Waals surface area (Å²) in [5, 5.41) is 3.33. The molecule has 1 atom stereocenters. The van der Waals surface area contributed by atoms with Gasteiger partial charge in [0.25, 0.3) is 0 Å². The molecule has 0 aliphatic rings. The van der Waals surface area contributed by atoms with Crippen LogP contribution in [0, 0.1) is 0 Å². The predicted molar refractivity (Wildman–Crippen MR) is 89.3 cm³/mol. The van der Waals surface area contributed by atoms with Crippen molar-refractivity contribution in [2.24, 2.45) is 0 Å². The molecule has 1 unspecified atom stereocenters. The zero-order chi connectivity index (χ0) is 15.7. The Hall–Kier alpha value is -0.870. The molecular weight excluding hydrogens is 282 g/mol. The van der Waals surface area contributed by atoms with Crippen LogP contribution < -0.4 is 5.32 Å². The molecule has 0 saturated heterocycles. The highest BCUT2D eigenvalue weighted by atomic mass is 32.2. The van der Waals surface area contributed by atoms with Gasteiger partial charge in [-0.3, -0.25) is 0 Å². The summed E-state index contributed by atoms with van der Waals surface area (Å²) >= 11 is 0. The number of benzene rings is 1. The Balaban J connectivity index is 2.48. The van der Waals surface area contributed by atoms with Crippen molar-refractivity contribution in [3.63, 3.8) is 0 Å². The first-order chi connectivity index (χ1) is 9.99. The van der Waals surface area contributed by atoms with E-state index >= 15 is 0 Å². The van der Waals surface area contributed by atoms with Gasteiger partial charge >= 0.3 is 0 Å². The number of hydrogen-bond donors (Lipinski definition) is 1. The number of unbranched alkanes of at least 4 members (excludes halogenated alkanes) is 5. The second-order valence-corrected chi connectivity index (χ2v) is 7.75. The lowest BCUT2D eigenvalue weighted by Crippen LogP contribution is -2.16. The lowest BCUT2D eigenvalue weighted by Gasteiger charge is -2.17. The minimum atomic E-state index is -3.10. The summed E-state index contributed by atoms with van der Waals surface area (Å²) in [6, 6.07) is 7.57. The fraction of sp³-hybridized carbons (Fsp3) is 0.647. The molecule has 0 aliphatic carbocycles. The Morgan fingerprint density at radius 1 is 1.00 bits per heavy atom. The molecule has 0 amide bonds.